The van der Waals surface area contributed by atoms with Gasteiger partial charge in [0.2, 0.25) is 11.8 Å². The first-order chi connectivity index (χ1) is 11.1. The Bertz CT molecular complexity index is 751. The number of amides is 2. The molecule has 4 heteroatoms. The standard InChI is InChI=1S/C19H22N2O2/c1-3-7-17(22)21-13-12-19(21,2)18(23)20-16-11-6-9-14-8-4-5-10-15(14)16/h4-6,8-11H,3,7,12-13H2,1-2H3,(H,20,23). The highest BCUT2D eigenvalue weighted by molar-refractivity contribution is 6.06. The monoisotopic (exact) mass is 310 g/mol. The molecule has 0 radical (unpaired) electrons. The molecule has 1 N–H and O–H groups in total. The van der Waals surface area contributed by atoms with Crippen molar-refractivity contribution >= 4 is 28.3 Å². The minimum absolute atomic E-state index is 0.0642. The van der Waals surface area contributed by atoms with Gasteiger partial charge in [0.1, 0.15) is 5.54 Å². The van der Waals surface area contributed by atoms with E-state index in [0.717, 1.165) is 22.9 Å². The SMILES string of the molecule is CCCC(=O)N1CCC1(C)C(=O)Nc1cccc2ccccc12. The molecule has 1 unspecified atom stereocenters. The van der Waals surface area contributed by atoms with Gasteiger partial charge in [-0.05, 0) is 31.2 Å². The molecule has 2 aromatic carbocycles. The zero-order valence-corrected chi connectivity index (χ0v) is 13.6. The van der Waals surface area contributed by atoms with Gasteiger partial charge in [-0.2, -0.15) is 0 Å². The normalized spacial score (nSPS) is 20.2. The Morgan fingerprint density at radius 2 is 1.91 bits per heavy atom. The highest BCUT2D eigenvalue weighted by Crippen LogP contribution is 2.33. The summed E-state index contributed by atoms with van der Waals surface area (Å²) in [5, 5.41) is 5.12. The van der Waals surface area contributed by atoms with Crippen molar-refractivity contribution < 1.29 is 9.59 Å². The van der Waals surface area contributed by atoms with Gasteiger partial charge in [-0.1, -0.05) is 43.3 Å². The molecule has 1 heterocycles. The van der Waals surface area contributed by atoms with Crippen LogP contribution in [-0.4, -0.2) is 28.8 Å². The Morgan fingerprint density at radius 3 is 2.61 bits per heavy atom. The lowest BCUT2D eigenvalue weighted by Gasteiger charge is -2.49. The molecular weight excluding hydrogens is 288 g/mol. The molecule has 1 saturated heterocycles. The third-order valence-corrected chi connectivity index (χ3v) is 4.71. The van der Waals surface area contributed by atoms with Crippen LogP contribution in [-0.2, 0) is 9.59 Å². The molecule has 0 saturated carbocycles. The molecule has 4 nitrogen and oxygen atoms in total. The van der Waals surface area contributed by atoms with E-state index in [1.54, 1.807) is 4.90 Å². The number of likely N-dealkylation sites (tertiary alicyclic amines) is 1. The number of nitrogens with zero attached hydrogens (tertiary/aromatic N) is 1. The quantitative estimate of drug-likeness (QED) is 0.938. The van der Waals surface area contributed by atoms with E-state index in [9.17, 15) is 9.59 Å². The van der Waals surface area contributed by atoms with Crippen LogP contribution in [0.4, 0.5) is 5.69 Å². The lowest BCUT2D eigenvalue weighted by molar-refractivity contribution is -0.154. The summed E-state index contributed by atoms with van der Waals surface area (Å²) in [7, 11) is 0. The summed E-state index contributed by atoms with van der Waals surface area (Å²) in [6.45, 7) is 4.49. The fraction of sp³-hybridized carbons (Fsp3) is 0.368. The number of fused-ring (bicyclic) bond motifs is 1. The summed E-state index contributed by atoms with van der Waals surface area (Å²) in [6.07, 6.45) is 2.01. The van der Waals surface area contributed by atoms with Crippen molar-refractivity contribution in [3.05, 3.63) is 42.5 Å². The summed E-state index contributed by atoms with van der Waals surface area (Å²) in [5.74, 6) is -0.0427. The van der Waals surface area contributed by atoms with Crippen LogP contribution in [0.3, 0.4) is 0 Å². The minimum Gasteiger partial charge on any atom is -0.328 e. The maximum absolute atomic E-state index is 12.8. The number of carbonyl (C=O) groups excluding carboxylic acids is 2. The maximum Gasteiger partial charge on any atom is 0.250 e. The first kappa shape index (κ1) is 15.5. The van der Waals surface area contributed by atoms with Crippen LogP contribution in [0.15, 0.2) is 42.5 Å². The van der Waals surface area contributed by atoms with Crippen molar-refractivity contribution in [3.8, 4) is 0 Å². The summed E-state index contributed by atoms with van der Waals surface area (Å²) in [6, 6.07) is 13.8. The van der Waals surface area contributed by atoms with E-state index in [-0.39, 0.29) is 11.8 Å². The van der Waals surface area contributed by atoms with E-state index in [4.69, 9.17) is 0 Å². The number of anilines is 1. The first-order valence-electron chi connectivity index (χ1n) is 8.16. The molecule has 1 fully saturated rings. The van der Waals surface area contributed by atoms with Crippen molar-refractivity contribution in [2.75, 3.05) is 11.9 Å². The Balaban J connectivity index is 1.82. The number of carbonyl (C=O) groups is 2. The smallest absolute Gasteiger partial charge is 0.250 e. The molecule has 1 atom stereocenters. The molecule has 1 aliphatic heterocycles. The molecule has 3 rings (SSSR count). The van der Waals surface area contributed by atoms with E-state index < -0.39 is 5.54 Å². The molecule has 23 heavy (non-hydrogen) atoms. The lowest BCUT2D eigenvalue weighted by atomic mass is 9.85. The van der Waals surface area contributed by atoms with Crippen LogP contribution >= 0.6 is 0 Å². The Labute approximate surface area is 136 Å². The minimum atomic E-state index is -0.733. The molecule has 120 valence electrons. The van der Waals surface area contributed by atoms with Crippen LogP contribution in [0.5, 0.6) is 0 Å². The van der Waals surface area contributed by atoms with E-state index in [1.807, 2.05) is 56.3 Å². The molecular formula is C19H22N2O2. The van der Waals surface area contributed by atoms with E-state index in [1.165, 1.54) is 0 Å². The zero-order chi connectivity index (χ0) is 16.4. The summed E-state index contributed by atoms with van der Waals surface area (Å²) >= 11 is 0. The van der Waals surface area contributed by atoms with E-state index in [0.29, 0.717) is 19.4 Å². The molecule has 0 aliphatic carbocycles. The van der Waals surface area contributed by atoms with Crippen molar-refractivity contribution in [1.82, 2.24) is 4.90 Å². The highest BCUT2D eigenvalue weighted by atomic mass is 16.2. The third kappa shape index (κ3) is 2.69. The zero-order valence-electron chi connectivity index (χ0n) is 13.6. The van der Waals surface area contributed by atoms with Crippen molar-refractivity contribution in [3.63, 3.8) is 0 Å². The average Bonchev–Trinajstić information content (AvgIpc) is 2.53. The van der Waals surface area contributed by atoms with Gasteiger partial charge < -0.3 is 10.2 Å². The van der Waals surface area contributed by atoms with Gasteiger partial charge in [-0.15, -0.1) is 0 Å². The fourth-order valence-corrected chi connectivity index (χ4v) is 3.14. The van der Waals surface area contributed by atoms with Crippen LogP contribution in [0, 0.1) is 0 Å². The third-order valence-electron chi connectivity index (χ3n) is 4.71. The second-order valence-corrected chi connectivity index (χ2v) is 6.30. The number of benzene rings is 2. The van der Waals surface area contributed by atoms with Crippen LogP contribution in [0.2, 0.25) is 0 Å². The van der Waals surface area contributed by atoms with Crippen molar-refractivity contribution in [1.29, 1.82) is 0 Å². The number of rotatable bonds is 4. The van der Waals surface area contributed by atoms with Crippen LogP contribution in [0.1, 0.15) is 33.1 Å². The maximum atomic E-state index is 12.8. The van der Waals surface area contributed by atoms with Crippen LogP contribution in [0.25, 0.3) is 10.8 Å². The summed E-state index contributed by atoms with van der Waals surface area (Å²) in [5.41, 5.74) is 0.0625. The molecule has 2 amide bonds. The van der Waals surface area contributed by atoms with Gasteiger partial charge >= 0.3 is 0 Å². The molecule has 0 aromatic heterocycles. The van der Waals surface area contributed by atoms with Gasteiger partial charge in [0.25, 0.3) is 0 Å². The summed E-state index contributed by atoms with van der Waals surface area (Å²) < 4.78 is 0. The average molecular weight is 310 g/mol. The molecule has 0 spiro atoms. The van der Waals surface area contributed by atoms with Gasteiger partial charge in [0, 0.05) is 24.0 Å². The predicted molar refractivity (Wildman–Crippen MR) is 92.2 cm³/mol. The first-order valence-corrected chi connectivity index (χ1v) is 8.16. The molecule has 1 aliphatic rings. The Morgan fingerprint density at radius 1 is 1.17 bits per heavy atom. The van der Waals surface area contributed by atoms with E-state index >= 15 is 0 Å². The van der Waals surface area contributed by atoms with Gasteiger partial charge in [0.15, 0.2) is 0 Å². The van der Waals surface area contributed by atoms with E-state index in [2.05, 4.69) is 5.32 Å². The Hall–Kier alpha value is -2.36. The highest BCUT2D eigenvalue weighted by Gasteiger charge is 2.49. The number of nitrogens with one attached hydrogen (secondary N) is 1. The summed E-state index contributed by atoms with van der Waals surface area (Å²) in [4.78, 5) is 26.6. The predicted octanol–water partition coefficient (Wildman–Crippen LogP) is 3.57. The van der Waals surface area contributed by atoms with Crippen LogP contribution < -0.4 is 5.32 Å². The van der Waals surface area contributed by atoms with Crippen molar-refractivity contribution in [2.24, 2.45) is 0 Å². The van der Waals surface area contributed by atoms with Gasteiger partial charge in [-0.25, -0.2) is 0 Å². The largest absolute Gasteiger partial charge is 0.328 e. The number of hydrogen-bond donors (Lipinski definition) is 1. The van der Waals surface area contributed by atoms with Gasteiger partial charge in [-0.3, -0.25) is 9.59 Å². The van der Waals surface area contributed by atoms with Gasteiger partial charge in [0.05, 0.1) is 0 Å². The second-order valence-electron chi connectivity index (χ2n) is 6.30. The molecule has 0 bridgehead atoms. The topological polar surface area (TPSA) is 49.4 Å². The second kappa shape index (κ2) is 6.03. The molecule has 2 aromatic rings. The van der Waals surface area contributed by atoms with Crippen molar-refractivity contribution in [2.45, 2.75) is 38.6 Å². The number of hydrogen-bond acceptors (Lipinski definition) is 2. The lowest BCUT2D eigenvalue weighted by Crippen LogP contribution is -2.66. The fourth-order valence-electron chi connectivity index (χ4n) is 3.14. The Kier molecular flexibility index (Phi) is 4.07.